The predicted octanol–water partition coefficient (Wildman–Crippen LogP) is 2.97. The number of rotatable bonds is 6. The van der Waals surface area contributed by atoms with E-state index in [0.29, 0.717) is 17.7 Å². The number of nitriles is 1. The number of nitrogens with one attached hydrogen (secondary N) is 1. The third-order valence-corrected chi connectivity index (χ3v) is 4.13. The maximum absolute atomic E-state index is 12.8. The summed E-state index contributed by atoms with van der Waals surface area (Å²) in [6.45, 7) is 4.22. The Bertz CT molecular complexity index is 792. The second kappa shape index (κ2) is 8.82. The molecule has 1 N–H and O–H groups in total. The molecule has 2 amide bonds. The lowest BCUT2D eigenvalue weighted by molar-refractivity contribution is -0.133. The van der Waals surface area contributed by atoms with Crippen molar-refractivity contribution in [3.8, 4) is 6.07 Å². The van der Waals surface area contributed by atoms with E-state index in [-0.39, 0.29) is 17.7 Å². The van der Waals surface area contributed by atoms with E-state index < -0.39 is 6.04 Å². The third-order valence-electron chi connectivity index (χ3n) is 4.13. The summed E-state index contributed by atoms with van der Waals surface area (Å²) >= 11 is 0. The molecule has 0 aliphatic heterocycles. The first-order chi connectivity index (χ1) is 12.4. The Morgan fingerprint density at radius 1 is 1.08 bits per heavy atom. The second-order valence-electron chi connectivity index (χ2n) is 6.56. The van der Waals surface area contributed by atoms with Crippen LogP contribution < -0.4 is 5.32 Å². The Balaban J connectivity index is 2.06. The standard InChI is InChI=1S/C21H23N3O2/c1-15(2)19(23-20(25)18-7-5-4-6-8-18)21(26)24(3)14-17-11-9-16(13-22)10-12-17/h4-12,15,19H,14H2,1-3H3,(H,23,25)/t19-/m0/s1. The van der Waals surface area contributed by atoms with E-state index in [1.165, 1.54) is 0 Å². The van der Waals surface area contributed by atoms with Crippen molar-refractivity contribution in [2.24, 2.45) is 5.92 Å². The van der Waals surface area contributed by atoms with Crippen molar-refractivity contribution < 1.29 is 9.59 Å². The lowest BCUT2D eigenvalue weighted by Gasteiger charge is -2.27. The van der Waals surface area contributed by atoms with E-state index >= 15 is 0 Å². The molecule has 0 aromatic heterocycles. The van der Waals surface area contributed by atoms with Gasteiger partial charge in [-0.25, -0.2) is 0 Å². The first-order valence-electron chi connectivity index (χ1n) is 8.52. The van der Waals surface area contributed by atoms with Gasteiger partial charge in [-0.2, -0.15) is 5.26 Å². The van der Waals surface area contributed by atoms with Crippen molar-refractivity contribution >= 4 is 11.8 Å². The van der Waals surface area contributed by atoms with Crippen LogP contribution in [0.4, 0.5) is 0 Å². The van der Waals surface area contributed by atoms with Gasteiger partial charge in [0.25, 0.3) is 5.91 Å². The highest BCUT2D eigenvalue weighted by Gasteiger charge is 2.27. The molecular formula is C21H23N3O2. The number of nitrogens with zero attached hydrogens (tertiary/aromatic N) is 2. The number of carbonyl (C=O) groups excluding carboxylic acids is 2. The minimum atomic E-state index is -0.605. The lowest BCUT2D eigenvalue weighted by atomic mass is 10.0. The Hall–Kier alpha value is -3.13. The van der Waals surface area contributed by atoms with Crippen LogP contribution in [0, 0.1) is 17.2 Å². The van der Waals surface area contributed by atoms with Gasteiger partial charge < -0.3 is 10.2 Å². The SMILES string of the molecule is CC(C)[C@H](NC(=O)c1ccccc1)C(=O)N(C)Cc1ccc(C#N)cc1. The Labute approximate surface area is 154 Å². The number of benzene rings is 2. The van der Waals surface area contributed by atoms with E-state index in [0.717, 1.165) is 5.56 Å². The summed E-state index contributed by atoms with van der Waals surface area (Å²) in [6, 6.07) is 17.4. The molecule has 0 radical (unpaired) electrons. The number of hydrogen-bond acceptors (Lipinski definition) is 3. The van der Waals surface area contributed by atoms with Crippen molar-refractivity contribution in [2.75, 3.05) is 7.05 Å². The monoisotopic (exact) mass is 349 g/mol. The van der Waals surface area contributed by atoms with E-state index in [9.17, 15) is 9.59 Å². The van der Waals surface area contributed by atoms with Crippen LogP contribution in [0.2, 0.25) is 0 Å². The van der Waals surface area contributed by atoms with Gasteiger partial charge in [-0.05, 0) is 35.7 Å². The second-order valence-corrected chi connectivity index (χ2v) is 6.56. The zero-order valence-electron chi connectivity index (χ0n) is 15.3. The van der Waals surface area contributed by atoms with Crippen LogP contribution in [-0.4, -0.2) is 29.8 Å². The average Bonchev–Trinajstić information content (AvgIpc) is 2.66. The summed E-state index contributed by atoms with van der Waals surface area (Å²) in [5.41, 5.74) is 2.04. The van der Waals surface area contributed by atoms with Gasteiger partial charge >= 0.3 is 0 Å². The minimum Gasteiger partial charge on any atom is -0.340 e. The van der Waals surface area contributed by atoms with Gasteiger partial charge in [-0.1, -0.05) is 44.2 Å². The van der Waals surface area contributed by atoms with Crippen molar-refractivity contribution in [1.29, 1.82) is 5.26 Å². The first kappa shape index (κ1) is 19.2. The van der Waals surface area contributed by atoms with Crippen LogP contribution in [0.1, 0.15) is 35.3 Å². The molecule has 0 unspecified atom stereocenters. The molecule has 134 valence electrons. The van der Waals surface area contributed by atoms with E-state index in [2.05, 4.69) is 11.4 Å². The lowest BCUT2D eigenvalue weighted by Crippen LogP contribution is -2.50. The molecule has 0 saturated carbocycles. The zero-order valence-corrected chi connectivity index (χ0v) is 15.3. The number of carbonyl (C=O) groups is 2. The quantitative estimate of drug-likeness (QED) is 0.871. The fourth-order valence-corrected chi connectivity index (χ4v) is 2.60. The maximum atomic E-state index is 12.8. The van der Waals surface area contributed by atoms with E-state index in [1.54, 1.807) is 48.3 Å². The summed E-state index contributed by atoms with van der Waals surface area (Å²) in [6.07, 6.45) is 0. The van der Waals surface area contributed by atoms with E-state index in [1.807, 2.05) is 32.0 Å². The normalized spacial score (nSPS) is 11.5. The first-order valence-corrected chi connectivity index (χ1v) is 8.52. The predicted molar refractivity (Wildman–Crippen MR) is 100 cm³/mol. The smallest absolute Gasteiger partial charge is 0.251 e. The van der Waals surface area contributed by atoms with Gasteiger partial charge in [-0.3, -0.25) is 9.59 Å². The van der Waals surface area contributed by atoms with Crippen LogP contribution in [0.25, 0.3) is 0 Å². The van der Waals surface area contributed by atoms with Crippen LogP contribution in [0.5, 0.6) is 0 Å². The summed E-state index contributed by atoms with van der Waals surface area (Å²) in [4.78, 5) is 26.8. The minimum absolute atomic E-state index is 0.0430. The molecule has 5 heteroatoms. The molecule has 1 atom stereocenters. The topological polar surface area (TPSA) is 73.2 Å². The van der Waals surface area contributed by atoms with Crippen LogP contribution >= 0.6 is 0 Å². The molecule has 0 bridgehead atoms. The number of hydrogen-bond donors (Lipinski definition) is 1. The highest BCUT2D eigenvalue weighted by molar-refractivity contribution is 5.97. The fourth-order valence-electron chi connectivity index (χ4n) is 2.60. The fraction of sp³-hybridized carbons (Fsp3) is 0.286. The molecule has 0 aliphatic rings. The molecular weight excluding hydrogens is 326 g/mol. The molecule has 2 rings (SSSR count). The maximum Gasteiger partial charge on any atom is 0.251 e. The summed E-state index contributed by atoms with van der Waals surface area (Å²) in [7, 11) is 1.71. The van der Waals surface area contributed by atoms with Gasteiger partial charge in [0.15, 0.2) is 0 Å². The zero-order chi connectivity index (χ0) is 19.1. The Morgan fingerprint density at radius 2 is 1.69 bits per heavy atom. The number of likely N-dealkylation sites (N-methyl/N-ethyl adjacent to an activating group) is 1. The van der Waals surface area contributed by atoms with Crippen LogP contribution in [0.3, 0.4) is 0 Å². The molecule has 0 heterocycles. The molecule has 0 aliphatic carbocycles. The van der Waals surface area contributed by atoms with Crippen LogP contribution in [0.15, 0.2) is 54.6 Å². The molecule has 2 aromatic carbocycles. The highest BCUT2D eigenvalue weighted by Crippen LogP contribution is 2.11. The molecule has 26 heavy (non-hydrogen) atoms. The van der Waals surface area contributed by atoms with E-state index in [4.69, 9.17) is 5.26 Å². The van der Waals surface area contributed by atoms with Crippen molar-refractivity contribution in [3.63, 3.8) is 0 Å². The van der Waals surface area contributed by atoms with Gasteiger partial charge in [0.1, 0.15) is 6.04 Å². The largest absolute Gasteiger partial charge is 0.340 e. The molecule has 0 saturated heterocycles. The molecule has 0 spiro atoms. The summed E-state index contributed by atoms with van der Waals surface area (Å²) in [5.74, 6) is -0.448. The third kappa shape index (κ3) is 4.93. The van der Waals surface area contributed by atoms with Crippen molar-refractivity contribution in [3.05, 3.63) is 71.3 Å². The molecule has 2 aromatic rings. The average molecular weight is 349 g/mol. The Morgan fingerprint density at radius 3 is 2.23 bits per heavy atom. The Kier molecular flexibility index (Phi) is 6.51. The molecule has 0 fully saturated rings. The van der Waals surface area contributed by atoms with Crippen molar-refractivity contribution in [2.45, 2.75) is 26.4 Å². The van der Waals surface area contributed by atoms with Gasteiger partial charge in [0.05, 0.1) is 11.6 Å². The summed E-state index contributed by atoms with van der Waals surface area (Å²) < 4.78 is 0. The molecule has 5 nitrogen and oxygen atoms in total. The van der Waals surface area contributed by atoms with Crippen LogP contribution in [-0.2, 0) is 11.3 Å². The van der Waals surface area contributed by atoms with Gasteiger partial charge in [0.2, 0.25) is 5.91 Å². The van der Waals surface area contributed by atoms with Crippen molar-refractivity contribution in [1.82, 2.24) is 10.2 Å². The number of amides is 2. The van der Waals surface area contributed by atoms with Gasteiger partial charge in [-0.15, -0.1) is 0 Å². The highest BCUT2D eigenvalue weighted by atomic mass is 16.2. The van der Waals surface area contributed by atoms with Gasteiger partial charge in [0, 0.05) is 19.2 Å². The summed E-state index contributed by atoms with van der Waals surface area (Å²) in [5, 5.41) is 11.7.